The Kier molecular flexibility index (Phi) is 4.00. The molecule has 0 saturated carbocycles. The molecule has 0 bridgehead atoms. The molecule has 0 spiro atoms. The average molecular weight is 383 g/mol. The molecular formula is C20H18F5NO. The largest absolute Gasteiger partial charge is 0.488 e. The van der Waals surface area contributed by atoms with Gasteiger partial charge in [-0.25, -0.2) is 8.78 Å². The zero-order valence-corrected chi connectivity index (χ0v) is 14.5. The van der Waals surface area contributed by atoms with E-state index in [2.05, 4.69) is 5.32 Å². The minimum Gasteiger partial charge on any atom is -0.488 e. The van der Waals surface area contributed by atoms with Crippen LogP contribution in [0.15, 0.2) is 42.5 Å². The van der Waals surface area contributed by atoms with Crippen LogP contribution in [0.2, 0.25) is 0 Å². The average Bonchev–Trinajstić information content (AvgIpc) is 3.11. The quantitative estimate of drug-likeness (QED) is 0.793. The molecule has 1 fully saturated rings. The summed E-state index contributed by atoms with van der Waals surface area (Å²) >= 11 is 0. The zero-order chi connectivity index (χ0) is 19.4. The van der Waals surface area contributed by atoms with E-state index in [1.54, 1.807) is 12.1 Å². The van der Waals surface area contributed by atoms with Crippen LogP contribution < -0.4 is 10.1 Å². The molecule has 0 aromatic heterocycles. The fourth-order valence-corrected chi connectivity index (χ4v) is 4.04. The maximum Gasteiger partial charge on any atom is 0.426 e. The highest BCUT2D eigenvalue weighted by molar-refractivity contribution is 5.51. The summed E-state index contributed by atoms with van der Waals surface area (Å²) in [6, 6.07) is 10.0. The Hall–Kier alpha value is -2.15. The second kappa shape index (κ2) is 5.92. The Labute approximate surface area is 153 Å². The number of nitrogens with one attached hydrogen (secondary N) is 1. The fourth-order valence-electron chi connectivity index (χ4n) is 4.04. The Morgan fingerprint density at radius 2 is 1.81 bits per heavy atom. The van der Waals surface area contributed by atoms with Gasteiger partial charge in [-0.15, -0.1) is 0 Å². The van der Waals surface area contributed by atoms with Gasteiger partial charge in [0.25, 0.3) is 0 Å². The van der Waals surface area contributed by atoms with Crippen molar-refractivity contribution in [1.82, 2.24) is 5.32 Å². The normalized spacial score (nSPS) is 26.2. The lowest BCUT2D eigenvalue weighted by atomic mass is 9.74. The van der Waals surface area contributed by atoms with Crippen molar-refractivity contribution in [2.75, 3.05) is 13.1 Å². The standard InChI is InChI=1S/C20H18F5NO/c1-18(22,20(23,24)25)13-4-7-15-16(8-13)27-17-10-26-11-19(15,17)9-12-2-5-14(21)6-3-12/h2-8,17,26H,9-11H2,1H3. The summed E-state index contributed by atoms with van der Waals surface area (Å²) in [5.41, 5.74) is -2.75. The summed E-state index contributed by atoms with van der Waals surface area (Å²) in [4.78, 5) is 0. The van der Waals surface area contributed by atoms with E-state index in [0.717, 1.165) is 17.2 Å². The van der Waals surface area contributed by atoms with Gasteiger partial charge in [-0.3, -0.25) is 0 Å². The van der Waals surface area contributed by atoms with Crippen LogP contribution in [-0.2, 0) is 17.5 Å². The van der Waals surface area contributed by atoms with E-state index < -0.39 is 22.8 Å². The Morgan fingerprint density at radius 3 is 2.48 bits per heavy atom. The van der Waals surface area contributed by atoms with Crippen molar-refractivity contribution >= 4 is 0 Å². The van der Waals surface area contributed by atoms with E-state index in [1.165, 1.54) is 24.3 Å². The van der Waals surface area contributed by atoms with Crippen molar-refractivity contribution in [3.63, 3.8) is 0 Å². The van der Waals surface area contributed by atoms with Gasteiger partial charge in [0, 0.05) is 24.2 Å². The maximum atomic E-state index is 14.3. The number of hydrogen-bond acceptors (Lipinski definition) is 2. The summed E-state index contributed by atoms with van der Waals surface area (Å²) in [6.45, 7) is 1.63. The van der Waals surface area contributed by atoms with Crippen molar-refractivity contribution in [2.45, 2.75) is 36.7 Å². The molecule has 3 atom stereocenters. The van der Waals surface area contributed by atoms with Gasteiger partial charge in [-0.2, -0.15) is 13.2 Å². The third-order valence-corrected chi connectivity index (χ3v) is 5.68. The molecule has 27 heavy (non-hydrogen) atoms. The highest BCUT2D eigenvalue weighted by atomic mass is 19.4. The number of fused-ring (bicyclic) bond motifs is 3. The van der Waals surface area contributed by atoms with Crippen LogP contribution in [0.1, 0.15) is 23.6 Å². The van der Waals surface area contributed by atoms with Gasteiger partial charge < -0.3 is 10.1 Å². The van der Waals surface area contributed by atoms with Crippen molar-refractivity contribution in [2.24, 2.45) is 0 Å². The first-order valence-electron chi connectivity index (χ1n) is 8.66. The smallest absolute Gasteiger partial charge is 0.426 e. The molecule has 144 valence electrons. The van der Waals surface area contributed by atoms with Crippen LogP contribution in [0.25, 0.3) is 0 Å². The summed E-state index contributed by atoms with van der Waals surface area (Å²) < 4.78 is 72.6. The lowest BCUT2D eigenvalue weighted by Crippen LogP contribution is -2.39. The van der Waals surface area contributed by atoms with Gasteiger partial charge >= 0.3 is 6.18 Å². The van der Waals surface area contributed by atoms with E-state index in [4.69, 9.17) is 4.74 Å². The number of halogens is 5. The molecule has 0 aliphatic carbocycles. The van der Waals surface area contributed by atoms with Crippen LogP contribution in [0.3, 0.4) is 0 Å². The van der Waals surface area contributed by atoms with Gasteiger partial charge in [0.05, 0.1) is 5.41 Å². The first kappa shape index (κ1) is 18.2. The van der Waals surface area contributed by atoms with E-state index in [0.29, 0.717) is 26.4 Å². The minimum atomic E-state index is -5.01. The monoisotopic (exact) mass is 383 g/mol. The molecule has 2 heterocycles. The van der Waals surface area contributed by atoms with Crippen LogP contribution >= 0.6 is 0 Å². The lowest BCUT2D eigenvalue weighted by Gasteiger charge is -2.28. The molecule has 2 aromatic rings. The summed E-state index contributed by atoms with van der Waals surface area (Å²) in [6.07, 6.45) is -4.74. The molecule has 1 saturated heterocycles. The van der Waals surface area contributed by atoms with E-state index in [-0.39, 0.29) is 17.7 Å². The van der Waals surface area contributed by atoms with Gasteiger partial charge in [0.15, 0.2) is 0 Å². The van der Waals surface area contributed by atoms with E-state index >= 15 is 0 Å². The minimum absolute atomic E-state index is 0.274. The molecule has 4 rings (SSSR count). The predicted molar refractivity (Wildman–Crippen MR) is 90.0 cm³/mol. The molecule has 0 amide bonds. The first-order chi connectivity index (χ1) is 12.6. The summed E-state index contributed by atoms with van der Waals surface area (Å²) in [5, 5.41) is 3.25. The number of benzene rings is 2. The Morgan fingerprint density at radius 1 is 1.11 bits per heavy atom. The van der Waals surface area contributed by atoms with Crippen molar-refractivity contribution in [1.29, 1.82) is 0 Å². The van der Waals surface area contributed by atoms with Gasteiger partial charge in [0.1, 0.15) is 17.7 Å². The molecule has 0 radical (unpaired) electrons. The second-order valence-electron chi connectivity index (χ2n) is 7.41. The lowest BCUT2D eigenvalue weighted by molar-refractivity contribution is -0.228. The SMILES string of the molecule is CC(F)(c1ccc2c(c1)OC1CNCC21Cc1ccc(F)cc1)C(F)(F)F. The Balaban J connectivity index is 1.73. The van der Waals surface area contributed by atoms with E-state index in [1.807, 2.05) is 0 Å². The topological polar surface area (TPSA) is 21.3 Å². The molecule has 7 heteroatoms. The van der Waals surface area contributed by atoms with Crippen LogP contribution in [0.5, 0.6) is 5.75 Å². The molecule has 2 aliphatic heterocycles. The van der Waals surface area contributed by atoms with Gasteiger partial charge in [-0.05, 0) is 37.1 Å². The van der Waals surface area contributed by atoms with Crippen LogP contribution in [-0.4, -0.2) is 25.4 Å². The molecule has 3 unspecified atom stereocenters. The van der Waals surface area contributed by atoms with Crippen molar-refractivity contribution in [3.8, 4) is 5.75 Å². The summed E-state index contributed by atoms with van der Waals surface area (Å²) in [7, 11) is 0. The summed E-state index contributed by atoms with van der Waals surface area (Å²) in [5.74, 6) is -0.0475. The third kappa shape index (κ3) is 2.79. The third-order valence-electron chi connectivity index (χ3n) is 5.68. The Bertz CT molecular complexity index is 862. The first-order valence-corrected chi connectivity index (χ1v) is 8.66. The molecule has 2 nitrogen and oxygen atoms in total. The second-order valence-corrected chi connectivity index (χ2v) is 7.41. The fraction of sp³-hybridized carbons (Fsp3) is 0.400. The number of rotatable bonds is 3. The number of hydrogen-bond donors (Lipinski definition) is 1. The molecule has 1 N–H and O–H groups in total. The highest BCUT2D eigenvalue weighted by Crippen LogP contribution is 2.50. The maximum absolute atomic E-state index is 14.3. The molecule has 2 aliphatic rings. The van der Waals surface area contributed by atoms with Crippen molar-refractivity contribution < 1.29 is 26.7 Å². The molecule has 2 aromatic carbocycles. The van der Waals surface area contributed by atoms with E-state index in [9.17, 15) is 22.0 Å². The predicted octanol–water partition coefficient (Wildman–Crippen LogP) is 4.42. The number of ether oxygens (including phenoxy) is 1. The highest BCUT2D eigenvalue weighted by Gasteiger charge is 2.56. The number of alkyl halides is 4. The zero-order valence-electron chi connectivity index (χ0n) is 14.5. The van der Waals surface area contributed by atoms with Crippen LogP contribution in [0.4, 0.5) is 22.0 Å². The van der Waals surface area contributed by atoms with Crippen molar-refractivity contribution in [3.05, 3.63) is 65.0 Å². The van der Waals surface area contributed by atoms with Gasteiger partial charge in [-0.1, -0.05) is 24.3 Å². The van der Waals surface area contributed by atoms with Gasteiger partial charge in [0.2, 0.25) is 5.67 Å². The van der Waals surface area contributed by atoms with Crippen LogP contribution in [0, 0.1) is 5.82 Å². The molecular weight excluding hydrogens is 365 g/mol.